The van der Waals surface area contributed by atoms with Crippen LogP contribution in [0.3, 0.4) is 0 Å². The van der Waals surface area contributed by atoms with Crippen molar-refractivity contribution in [1.29, 1.82) is 0 Å². The Morgan fingerprint density at radius 3 is 3.00 bits per heavy atom. The number of carbonyl (C=O) groups is 1. The van der Waals surface area contributed by atoms with Gasteiger partial charge in [0.25, 0.3) is 0 Å². The molecular weight excluding hydrogens is 194 g/mol. The van der Waals surface area contributed by atoms with Crippen molar-refractivity contribution in [3.63, 3.8) is 0 Å². The largest absolute Gasteiger partial charge is 0.476 e. The normalized spacial score (nSPS) is 17.1. The summed E-state index contributed by atoms with van der Waals surface area (Å²) < 4.78 is 0. The van der Waals surface area contributed by atoms with Crippen molar-refractivity contribution in [2.24, 2.45) is 0 Å². The van der Waals surface area contributed by atoms with Crippen LogP contribution in [-0.4, -0.2) is 27.1 Å². The third-order valence-electron chi connectivity index (χ3n) is 2.84. The number of carboxylic acid groups (broad SMARTS) is 1. The molecule has 2 rings (SSSR count). The molecule has 0 unspecified atom stereocenters. The molecule has 1 aromatic heterocycles. The maximum Gasteiger partial charge on any atom is 0.356 e. The fraction of sp³-hybridized carbons (Fsp3) is 0.600. The molecule has 5 nitrogen and oxygen atoms in total. The highest BCUT2D eigenvalue weighted by atomic mass is 16.4. The molecule has 1 heterocycles. The van der Waals surface area contributed by atoms with Crippen LogP contribution in [0.2, 0.25) is 0 Å². The van der Waals surface area contributed by atoms with E-state index in [-0.39, 0.29) is 5.69 Å². The van der Waals surface area contributed by atoms with Gasteiger partial charge in [0.05, 0.1) is 12.0 Å². The predicted molar refractivity (Wildman–Crippen MR) is 54.6 cm³/mol. The van der Waals surface area contributed by atoms with E-state index in [4.69, 9.17) is 5.11 Å². The van der Waals surface area contributed by atoms with E-state index in [1.54, 1.807) is 0 Å². The van der Waals surface area contributed by atoms with Crippen molar-refractivity contribution in [1.82, 2.24) is 15.3 Å². The highest BCUT2D eigenvalue weighted by molar-refractivity contribution is 5.86. The van der Waals surface area contributed by atoms with Crippen LogP contribution in [0, 0.1) is 0 Å². The molecular formula is C10H15N3O2. The second-order valence-corrected chi connectivity index (χ2v) is 3.90. The molecule has 5 heteroatoms. The maximum atomic E-state index is 10.8. The number of hydrogen-bond acceptors (Lipinski definition) is 3. The molecule has 0 atom stereocenters. The van der Waals surface area contributed by atoms with Crippen molar-refractivity contribution < 1.29 is 9.90 Å². The van der Waals surface area contributed by atoms with Crippen molar-refractivity contribution in [2.45, 2.75) is 38.3 Å². The molecule has 15 heavy (non-hydrogen) atoms. The molecule has 82 valence electrons. The van der Waals surface area contributed by atoms with Gasteiger partial charge >= 0.3 is 5.97 Å². The first-order chi connectivity index (χ1) is 7.27. The minimum absolute atomic E-state index is 0.125. The number of aromatic amines is 1. The van der Waals surface area contributed by atoms with Crippen LogP contribution in [0.15, 0.2) is 6.33 Å². The number of nitrogens with zero attached hydrogens (tertiary/aromatic N) is 1. The van der Waals surface area contributed by atoms with Crippen LogP contribution < -0.4 is 5.32 Å². The molecule has 1 aliphatic rings. The number of H-pyrrole nitrogens is 1. The maximum absolute atomic E-state index is 10.8. The Morgan fingerprint density at radius 1 is 1.60 bits per heavy atom. The lowest BCUT2D eigenvalue weighted by atomic mass is 10.2. The number of aromatic carboxylic acids is 1. The average Bonchev–Trinajstić information content (AvgIpc) is 2.86. The Morgan fingerprint density at radius 2 is 2.33 bits per heavy atom. The van der Waals surface area contributed by atoms with Crippen molar-refractivity contribution in [3.8, 4) is 0 Å². The van der Waals surface area contributed by atoms with Gasteiger partial charge in [0.2, 0.25) is 0 Å². The minimum Gasteiger partial charge on any atom is -0.476 e. The first-order valence-electron chi connectivity index (χ1n) is 5.26. The Balaban J connectivity index is 1.92. The molecule has 0 bridgehead atoms. The smallest absolute Gasteiger partial charge is 0.356 e. The highest BCUT2D eigenvalue weighted by Crippen LogP contribution is 2.18. The van der Waals surface area contributed by atoms with Crippen LogP contribution in [-0.2, 0) is 6.54 Å². The monoisotopic (exact) mass is 209 g/mol. The van der Waals surface area contributed by atoms with E-state index in [9.17, 15) is 4.79 Å². The van der Waals surface area contributed by atoms with Crippen molar-refractivity contribution in [3.05, 3.63) is 17.7 Å². The van der Waals surface area contributed by atoms with Crippen LogP contribution >= 0.6 is 0 Å². The summed E-state index contributed by atoms with van der Waals surface area (Å²) in [6.07, 6.45) is 6.35. The quantitative estimate of drug-likeness (QED) is 0.694. The summed E-state index contributed by atoms with van der Waals surface area (Å²) in [5.41, 5.74) is 0.787. The van der Waals surface area contributed by atoms with Crippen molar-refractivity contribution >= 4 is 5.97 Å². The van der Waals surface area contributed by atoms with Gasteiger partial charge in [-0.2, -0.15) is 0 Å². The van der Waals surface area contributed by atoms with E-state index in [0.717, 1.165) is 0 Å². The molecule has 0 spiro atoms. The average molecular weight is 209 g/mol. The van der Waals surface area contributed by atoms with E-state index >= 15 is 0 Å². The molecule has 0 saturated heterocycles. The lowest BCUT2D eigenvalue weighted by Gasteiger charge is -2.10. The van der Waals surface area contributed by atoms with E-state index in [1.807, 2.05) is 0 Å². The Hall–Kier alpha value is -1.36. The van der Waals surface area contributed by atoms with Gasteiger partial charge in [0.15, 0.2) is 5.69 Å². The molecule has 1 saturated carbocycles. The summed E-state index contributed by atoms with van der Waals surface area (Å²) in [6, 6.07) is 0.537. The van der Waals surface area contributed by atoms with Crippen LogP contribution in [0.25, 0.3) is 0 Å². The number of rotatable bonds is 4. The van der Waals surface area contributed by atoms with Gasteiger partial charge in [-0.1, -0.05) is 12.8 Å². The topological polar surface area (TPSA) is 78.0 Å². The number of carboxylic acids is 1. The number of nitrogens with one attached hydrogen (secondary N) is 2. The zero-order valence-electron chi connectivity index (χ0n) is 8.49. The fourth-order valence-corrected chi connectivity index (χ4v) is 2.02. The second-order valence-electron chi connectivity index (χ2n) is 3.90. The molecule has 0 amide bonds. The number of hydrogen-bond donors (Lipinski definition) is 3. The van der Waals surface area contributed by atoms with Crippen LogP contribution in [0.5, 0.6) is 0 Å². The molecule has 1 aliphatic carbocycles. The lowest BCUT2D eigenvalue weighted by molar-refractivity contribution is 0.0689. The van der Waals surface area contributed by atoms with Gasteiger partial charge in [0.1, 0.15) is 0 Å². The zero-order valence-corrected chi connectivity index (χ0v) is 8.49. The predicted octanol–water partition coefficient (Wildman–Crippen LogP) is 1.14. The first kappa shape index (κ1) is 10.2. The summed E-state index contributed by atoms with van der Waals surface area (Å²) in [5.74, 6) is -0.973. The molecule has 1 fully saturated rings. The van der Waals surface area contributed by atoms with E-state index in [1.165, 1.54) is 32.0 Å². The fourth-order valence-electron chi connectivity index (χ4n) is 2.02. The molecule has 0 radical (unpaired) electrons. The molecule has 0 aliphatic heterocycles. The Labute approximate surface area is 87.9 Å². The molecule has 1 aromatic rings. The van der Waals surface area contributed by atoms with E-state index < -0.39 is 5.97 Å². The van der Waals surface area contributed by atoms with Gasteiger partial charge in [-0.05, 0) is 12.8 Å². The van der Waals surface area contributed by atoms with Gasteiger partial charge in [-0.3, -0.25) is 0 Å². The Kier molecular flexibility index (Phi) is 3.01. The van der Waals surface area contributed by atoms with Crippen LogP contribution in [0.1, 0.15) is 41.9 Å². The summed E-state index contributed by atoms with van der Waals surface area (Å²) in [7, 11) is 0. The third-order valence-corrected chi connectivity index (χ3v) is 2.84. The Bertz CT molecular complexity index is 342. The number of imidazole rings is 1. The second kappa shape index (κ2) is 4.44. The van der Waals surface area contributed by atoms with Gasteiger partial charge < -0.3 is 15.4 Å². The summed E-state index contributed by atoms with van der Waals surface area (Å²) in [4.78, 5) is 17.4. The van der Waals surface area contributed by atoms with Crippen molar-refractivity contribution in [2.75, 3.05) is 0 Å². The van der Waals surface area contributed by atoms with Crippen LogP contribution in [0.4, 0.5) is 0 Å². The van der Waals surface area contributed by atoms with Gasteiger partial charge in [0, 0.05) is 12.6 Å². The highest BCUT2D eigenvalue weighted by Gasteiger charge is 2.17. The minimum atomic E-state index is -0.973. The molecule has 0 aromatic carbocycles. The standard InChI is InChI=1S/C10H15N3O2/c14-10(15)9-8(12-6-13-9)5-11-7-3-1-2-4-7/h6-7,11H,1-5H2,(H,12,13)(H,14,15). The van der Waals surface area contributed by atoms with Gasteiger partial charge in [-0.25, -0.2) is 9.78 Å². The lowest BCUT2D eigenvalue weighted by Crippen LogP contribution is -2.26. The first-order valence-corrected chi connectivity index (χ1v) is 5.26. The zero-order chi connectivity index (χ0) is 10.7. The van der Waals surface area contributed by atoms with E-state index in [2.05, 4.69) is 15.3 Å². The summed E-state index contributed by atoms with van der Waals surface area (Å²) >= 11 is 0. The van der Waals surface area contributed by atoms with Gasteiger partial charge in [-0.15, -0.1) is 0 Å². The summed E-state index contributed by atoms with van der Waals surface area (Å²) in [6.45, 7) is 0.562. The molecule has 3 N–H and O–H groups in total. The third kappa shape index (κ3) is 2.36. The van der Waals surface area contributed by atoms with E-state index in [0.29, 0.717) is 18.3 Å². The number of aromatic nitrogens is 2. The summed E-state index contributed by atoms with van der Waals surface area (Å²) in [5, 5.41) is 12.2. The SMILES string of the molecule is O=C(O)c1nc[nH]c1CNC1CCCC1.